The molecule has 1 aromatic heterocycles. The Kier molecular flexibility index (Phi) is 3.68. The third-order valence-corrected chi connectivity index (χ3v) is 3.47. The number of ether oxygens (including phenoxy) is 1. The van der Waals surface area contributed by atoms with Gasteiger partial charge in [0.15, 0.2) is 0 Å². The maximum atomic E-state index is 10.7. The lowest BCUT2D eigenvalue weighted by atomic mass is 9.80. The molecule has 6 nitrogen and oxygen atoms in total. The van der Waals surface area contributed by atoms with Crippen LogP contribution in [0, 0.1) is 10.1 Å². The monoisotopic (exact) mass is 271 g/mol. The van der Waals surface area contributed by atoms with Gasteiger partial charge in [0.05, 0.1) is 22.7 Å². The summed E-state index contributed by atoms with van der Waals surface area (Å²) in [6.07, 6.45) is 3.11. The second-order valence-electron chi connectivity index (χ2n) is 4.38. The van der Waals surface area contributed by atoms with Crippen LogP contribution in [-0.4, -0.2) is 29.2 Å². The quantitative estimate of drug-likeness (QED) is 0.506. The Balaban J connectivity index is 2.07. The van der Waals surface area contributed by atoms with Gasteiger partial charge >= 0.3 is 0 Å². The Bertz CT molecular complexity index is 457. The minimum Gasteiger partial charge on any atom is -0.376 e. The number of rotatable bonds is 5. The fourth-order valence-electron chi connectivity index (χ4n) is 1.96. The SMILES string of the molecule is COC1(CNc2cc([N+](=O)[O-])cc(Cl)n2)CCC1. The van der Waals surface area contributed by atoms with Gasteiger partial charge in [-0.3, -0.25) is 10.1 Å². The highest BCUT2D eigenvalue weighted by molar-refractivity contribution is 6.29. The van der Waals surface area contributed by atoms with E-state index in [1.54, 1.807) is 7.11 Å². The van der Waals surface area contributed by atoms with Crippen molar-refractivity contribution >= 4 is 23.1 Å². The van der Waals surface area contributed by atoms with Gasteiger partial charge in [-0.1, -0.05) is 11.6 Å². The third kappa shape index (κ3) is 2.70. The van der Waals surface area contributed by atoms with Gasteiger partial charge in [0.2, 0.25) is 0 Å². The van der Waals surface area contributed by atoms with E-state index in [1.165, 1.54) is 12.1 Å². The highest BCUT2D eigenvalue weighted by Gasteiger charge is 2.36. The van der Waals surface area contributed by atoms with E-state index in [1.807, 2.05) is 0 Å². The number of pyridine rings is 1. The molecule has 1 fully saturated rings. The van der Waals surface area contributed by atoms with Crippen molar-refractivity contribution in [2.75, 3.05) is 19.0 Å². The molecule has 0 saturated heterocycles. The summed E-state index contributed by atoms with van der Waals surface area (Å²) in [5.41, 5.74) is -0.240. The molecule has 1 heterocycles. The van der Waals surface area contributed by atoms with Crippen LogP contribution in [0.25, 0.3) is 0 Å². The van der Waals surface area contributed by atoms with E-state index in [9.17, 15) is 10.1 Å². The third-order valence-electron chi connectivity index (χ3n) is 3.28. The predicted molar refractivity (Wildman–Crippen MR) is 68.0 cm³/mol. The van der Waals surface area contributed by atoms with Crippen LogP contribution in [-0.2, 0) is 4.74 Å². The molecule has 2 rings (SSSR count). The number of hydrogen-bond acceptors (Lipinski definition) is 5. The van der Waals surface area contributed by atoms with Crippen molar-refractivity contribution in [1.29, 1.82) is 0 Å². The Morgan fingerprint density at radius 3 is 2.83 bits per heavy atom. The number of hydrogen-bond donors (Lipinski definition) is 1. The summed E-state index contributed by atoms with van der Waals surface area (Å²) >= 11 is 5.74. The van der Waals surface area contributed by atoms with Gasteiger partial charge in [0.25, 0.3) is 5.69 Å². The zero-order valence-corrected chi connectivity index (χ0v) is 10.7. The van der Waals surface area contributed by atoms with E-state index in [0.29, 0.717) is 12.4 Å². The van der Waals surface area contributed by atoms with E-state index >= 15 is 0 Å². The van der Waals surface area contributed by atoms with E-state index in [2.05, 4.69) is 10.3 Å². The molecule has 0 unspecified atom stereocenters. The molecule has 1 N–H and O–H groups in total. The van der Waals surface area contributed by atoms with E-state index < -0.39 is 4.92 Å². The Hall–Kier alpha value is -1.40. The minimum atomic E-state index is -0.492. The molecular weight excluding hydrogens is 258 g/mol. The minimum absolute atomic E-state index is 0.0717. The highest BCUT2D eigenvalue weighted by Crippen LogP contribution is 2.35. The molecule has 18 heavy (non-hydrogen) atoms. The summed E-state index contributed by atoms with van der Waals surface area (Å²) in [5, 5.41) is 13.8. The summed E-state index contributed by atoms with van der Waals surface area (Å²) in [4.78, 5) is 14.2. The first kappa shape index (κ1) is 13.0. The van der Waals surface area contributed by atoms with Gasteiger partial charge < -0.3 is 10.1 Å². The summed E-state index contributed by atoms with van der Waals surface area (Å²) in [6, 6.07) is 2.59. The zero-order valence-electron chi connectivity index (χ0n) is 9.98. The summed E-state index contributed by atoms with van der Waals surface area (Å²) in [7, 11) is 1.68. The molecule has 1 aliphatic carbocycles. The molecule has 0 bridgehead atoms. The number of nitro groups is 1. The summed E-state index contributed by atoms with van der Waals surface area (Å²) in [5.74, 6) is 0.400. The van der Waals surface area contributed by atoms with Crippen LogP contribution < -0.4 is 5.32 Å². The smallest absolute Gasteiger partial charge is 0.276 e. The van der Waals surface area contributed by atoms with Gasteiger partial charge in [0, 0.05) is 13.7 Å². The van der Waals surface area contributed by atoms with Crippen LogP contribution in [0.4, 0.5) is 11.5 Å². The normalized spacial score (nSPS) is 17.0. The molecule has 0 radical (unpaired) electrons. The van der Waals surface area contributed by atoms with Crippen molar-refractivity contribution < 1.29 is 9.66 Å². The first-order valence-electron chi connectivity index (χ1n) is 5.66. The lowest BCUT2D eigenvalue weighted by Gasteiger charge is -2.40. The second kappa shape index (κ2) is 5.07. The van der Waals surface area contributed by atoms with Crippen LogP contribution in [0.5, 0.6) is 0 Å². The van der Waals surface area contributed by atoms with Crippen molar-refractivity contribution in [2.24, 2.45) is 0 Å². The lowest BCUT2D eigenvalue weighted by molar-refractivity contribution is -0.384. The highest BCUT2D eigenvalue weighted by atomic mass is 35.5. The molecule has 1 aromatic rings. The molecule has 0 amide bonds. The maximum absolute atomic E-state index is 10.7. The molecule has 0 aromatic carbocycles. The molecule has 98 valence electrons. The van der Waals surface area contributed by atoms with Gasteiger partial charge in [0.1, 0.15) is 11.0 Å². The molecule has 1 aliphatic rings. The Morgan fingerprint density at radius 2 is 2.33 bits per heavy atom. The Labute approximate surface area is 109 Å². The number of halogens is 1. The van der Waals surface area contributed by atoms with E-state index in [4.69, 9.17) is 16.3 Å². The van der Waals surface area contributed by atoms with E-state index in [-0.39, 0.29) is 16.4 Å². The second-order valence-corrected chi connectivity index (χ2v) is 4.77. The van der Waals surface area contributed by atoms with Crippen LogP contribution in [0.3, 0.4) is 0 Å². The molecule has 0 spiro atoms. The average molecular weight is 272 g/mol. The first-order chi connectivity index (χ1) is 8.54. The molecule has 1 saturated carbocycles. The summed E-state index contributed by atoms with van der Waals surface area (Å²) in [6.45, 7) is 0.577. The topological polar surface area (TPSA) is 77.3 Å². The number of anilines is 1. The summed E-state index contributed by atoms with van der Waals surface area (Å²) < 4.78 is 5.45. The van der Waals surface area contributed by atoms with Crippen molar-refractivity contribution in [2.45, 2.75) is 24.9 Å². The van der Waals surface area contributed by atoms with Crippen LogP contribution >= 0.6 is 11.6 Å². The predicted octanol–water partition coefficient (Wildman–Crippen LogP) is 2.62. The largest absolute Gasteiger partial charge is 0.376 e. The van der Waals surface area contributed by atoms with Gasteiger partial charge in [-0.05, 0) is 19.3 Å². The lowest BCUT2D eigenvalue weighted by Crippen LogP contribution is -2.45. The molecule has 0 atom stereocenters. The van der Waals surface area contributed by atoms with Crippen LogP contribution in [0.15, 0.2) is 12.1 Å². The van der Waals surface area contributed by atoms with Crippen molar-refractivity contribution in [3.8, 4) is 0 Å². The van der Waals surface area contributed by atoms with Crippen molar-refractivity contribution in [3.05, 3.63) is 27.4 Å². The first-order valence-corrected chi connectivity index (χ1v) is 6.03. The van der Waals surface area contributed by atoms with Crippen LogP contribution in [0.1, 0.15) is 19.3 Å². The molecular formula is C11H14ClN3O3. The van der Waals surface area contributed by atoms with Gasteiger partial charge in [-0.25, -0.2) is 4.98 Å². The zero-order chi connectivity index (χ0) is 13.2. The number of aromatic nitrogens is 1. The van der Waals surface area contributed by atoms with Crippen molar-refractivity contribution in [3.63, 3.8) is 0 Å². The van der Waals surface area contributed by atoms with Crippen LogP contribution in [0.2, 0.25) is 5.15 Å². The van der Waals surface area contributed by atoms with Crippen molar-refractivity contribution in [1.82, 2.24) is 4.98 Å². The van der Waals surface area contributed by atoms with E-state index in [0.717, 1.165) is 19.3 Å². The fraction of sp³-hybridized carbons (Fsp3) is 0.545. The number of methoxy groups -OCH3 is 1. The fourth-order valence-corrected chi connectivity index (χ4v) is 2.16. The molecule has 0 aliphatic heterocycles. The maximum Gasteiger partial charge on any atom is 0.276 e. The average Bonchev–Trinajstić information content (AvgIpc) is 2.27. The number of nitrogens with zero attached hydrogens (tertiary/aromatic N) is 2. The standard InChI is InChI=1S/C11H14ClN3O3/c1-18-11(3-2-4-11)7-13-10-6-8(15(16)17)5-9(12)14-10/h5-6H,2-4,7H2,1H3,(H,13,14). The van der Waals surface area contributed by atoms with Gasteiger partial charge in [-0.2, -0.15) is 0 Å². The molecule has 7 heteroatoms. The Morgan fingerprint density at radius 1 is 1.61 bits per heavy atom. The number of nitrogens with one attached hydrogen (secondary N) is 1. The van der Waals surface area contributed by atoms with Gasteiger partial charge in [-0.15, -0.1) is 0 Å².